The average molecular weight is 577 g/mol. The van der Waals surface area contributed by atoms with Gasteiger partial charge < -0.3 is 25.0 Å². The lowest BCUT2D eigenvalue weighted by molar-refractivity contribution is -0.265. The maximum atomic E-state index is 14.1. The molecule has 13 heteroatoms. The van der Waals surface area contributed by atoms with E-state index in [0.29, 0.717) is 0 Å². The van der Waals surface area contributed by atoms with Gasteiger partial charge in [-0.15, -0.1) is 0 Å². The van der Waals surface area contributed by atoms with Crippen molar-refractivity contribution in [1.29, 1.82) is 0 Å². The molecule has 2 atom stereocenters. The van der Waals surface area contributed by atoms with E-state index in [1.807, 2.05) is 0 Å². The molecule has 0 fully saturated rings. The second-order valence-corrected chi connectivity index (χ2v) is 9.04. The summed E-state index contributed by atoms with van der Waals surface area (Å²) >= 11 is 11.9. The first-order chi connectivity index (χ1) is 17.8. The molecule has 2 aromatic carbocycles. The van der Waals surface area contributed by atoms with Gasteiger partial charge in [0.25, 0.3) is 5.91 Å². The van der Waals surface area contributed by atoms with Crippen molar-refractivity contribution in [2.75, 3.05) is 20.3 Å². The molecule has 0 spiro atoms. The van der Waals surface area contributed by atoms with Crippen molar-refractivity contribution in [3.8, 4) is 22.8 Å². The monoisotopic (exact) mass is 576 g/mol. The number of methoxy groups -OCH3 is 1. The van der Waals surface area contributed by atoms with E-state index >= 15 is 0 Å². The predicted molar refractivity (Wildman–Crippen MR) is 132 cm³/mol. The van der Waals surface area contributed by atoms with Gasteiger partial charge in [0.15, 0.2) is 0 Å². The van der Waals surface area contributed by atoms with E-state index in [2.05, 4.69) is 10.3 Å². The summed E-state index contributed by atoms with van der Waals surface area (Å²) in [5.41, 5.74) is -4.57. The van der Waals surface area contributed by atoms with Crippen molar-refractivity contribution in [2.24, 2.45) is 0 Å². The van der Waals surface area contributed by atoms with Gasteiger partial charge in [0.2, 0.25) is 5.60 Å². The molecule has 1 amide bonds. The number of ether oxygens (including phenoxy) is 2. The summed E-state index contributed by atoms with van der Waals surface area (Å²) in [5, 5.41) is 21.8. The summed E-state index contributed by atoms with van der Waals surface area (Å²) in [5.74, 6) is -1.51. The van der Waals surface area contributed by atoms with Gasteiger partial charge in [-0.25, -0.2) is 9.37 Å². The first kappa shape index (κ1) is 29.4. The molecule has 38 heavy (non-hydrogen) atoms. The van der Waals surface area contributed by atoms with E-state index in [0.717, 1.165) is 24.3 Å². The molecule has 0 aliphatic rings. The Bertz CT molecular complexity index is 1320. The molecule has 3 rings (SSSR count). The van der Waals surface area contributed by atoms with Crippen LogP contribution in [-0.2, 0) is 5.60 Å². The number of hydrogen-bond acceptors (Lipinski definition) is 6. The highest BCUT2D eigenvalue weighted by molar-refractivity contribution is 6.32. The Hall–Kier alpha value is -3.12. The SMILES string of the molecule is COc1ccc(C(O)(CNC(=O)c2ccc(OC[C@H](C)O)c(Cl)c2)C(F)(F)F)nc1-c1ccc(F)c(Cl)c1. The summed E-state index contributed by atoms with van der Waals surface area (Å²) in [7, 11) is 1.26. The summed E-state index contributed by atoms with van der Waals surface area (Å²) in [6.07, 6.45) is -6.04. The molecule has 0 saturated carbocycles. The number of aliphatic hydroxyl groups is 2. The molecular formula is C25H22Cl2F4N2O5. The fourth-order valence-electron chi connectivity index (χ4n) is 3.31. The van der Waals surface area contributed by atoms with Gasteiger partial charge in [-0.2, -0.15) is 13.2 Å². The maximum Gasteiger partial charge on any atom is 0.424 e. The van der Waals surface area contributed by atoms with E-state index in [9.17, 15) is 32.6 Å². The van der Waals surface area contributed by atoms with Crippen LogP contribution >= 0.6 is 23.2 Å². The van der Waals surface area contributed by atoms with E-state index in [1.54, 1.807) is 0 Å². The number of alkyl halides is 3. The minimum Gasteiger partial charge on any atom is -0.494 e. The number of carbonyl (C=O) groups excluding carboxylic acids is 1. The molecule has 0 saturated heterocycles. The number of benzene rings is 2. The lowest BCUT2D eigenvalue weighted by Gasteiger charge is -2.30. The smallest absolute Gasteiger partial charge is 0.424 e. The first-order valence-electron chi connectivity index (χ1n) is 11.0. The molecule has 1 unspecified atom stereocenters. The number of aromatic nitrogens is 1. The van der Waals surface area contributed by atoms with Crippen LogP contribution in [0.25, 0.3) is 11.3 Å². The van der Waals surface area contributed by atoms with Gasteiger partial charge in [-0.1, -0.05) is 23.2 Å². The van der Waals surface area contributed by atoms with Gasteiger partial charge in [-0.05, 0) is 55.5 Å². The largest absolute Gasteiger partial charge is 0.494 e. The van der Waals surface area contributed by atoms with Gasteiger partial charge in [-0.3, -0.25) is 4.79 Å². The van der Waals surface area contributed by atoms with Gasteiger partial charge in [0.05, 0.1) is 35.5 Å². The highest BCUT2D eigenvalue weighted by Gasteiger charge is 2.56. The van der Waals surface area contributed by atoms with Crippen molar-refractivity contribution in [2.45, 2.75) is 24.8 Å². The minimum absolute atomic E-state index is 0.0104. The molecular weight excluding hydrogens is 555 g/mol. The van der Waals surface area contributed by atoms with Crippen LogP contribution in [0.3, 0.4) is 0 Å². The Morgan fingerprint density at radius 2 is 1.76 bits per heavy atom. The fourth-order valence-corrected chi connectivity index (χ4v) is 3.72. The third kappa shape index (κ3) is 6.47. The number of nitrogens with zero attached hydrogens (tertiary/aromatic N) is 1. The summed E-state index contributed by atoms with van der Waals surface area (Å²) in [6.45, 7) is 0.133. The number of aliphatic hydroxyl groups excluding tert-OH is 1. The molecule has 0 bridgehead atoms. The number of carbonyl (C=O) groups is 1. The highest BCUT2D eigenvalue weighted by Crippen LogP contribution is 2.40. The van der Waals surface area contributed by atoms with E-state index in [4.69, 9.17) is 32.7 Å². The number of amides is 1. The Balaban J connectivity index is 1.91. The Kier molecular flexibility index (Phi) is 9.09. The first-order valence-corrected chi connectivity index (χ1v) is 11.7. The van der Waals surface area contributed by atoms with E-state index in [-0.39, 0.29) is 45.0 Å². The third-order valence-electron chi connectivity index (χ3n) is 5.34. The van der Waals surface area contributed by atoms with Gasteiger partial charge in [0.1, 0.15) is 29.6 Å². The van der Waals surface area contributed by atoms with Crippen LogP contribution in [0.2, 0.25) is 10.0 Å². The normalized spacial score (nSPS) is 13.9. The molecule has 0 aliphatic carbocycles. The fraction of sp³-hybridized carbons (Fsp3) is 0.280. The second-order valence-electron chi connectivity index (χ2n) is 8.22. The molecule has 7 nitrogen and oxygen atoms in total. The van der Waals surface area contributed by atoms with Gasteiger partial charge in [0, 0.05) is 11.1 Å². The lowest BCUT2D eigenvalue weighted by Crippen LogP contribution is -2.51. The zero-order valence-corrected chi connectivity index (χ0v) is 21.5. The standard InChI is InChI=1S/C25H22Cl2F4N2O5/c1-13(34)11-38-19-6-4-15(10-17(19)27)23(35)32-12-24(36,25(29,30)31)21-8-7-20(37-2)22(33-21)14-3-5-18(28)16(26)9-14/h3-10,13,34,36H,11-12H2,1-2H3,(H,32,35)/t13-,24?/m0/s1. The Morgan fingerprint density at radius 1 is 1.08 bits per heavy atom. The van der Waals surface area contributed by atoms with Gasteiger partial charge >= 0.3 is 6.18 Å². The summed E-state index contributed by atoms with van der Waals surface area (Å²) in [6, 6.07) is 9.20. The average Bonchev–Trinajstić information content (AvgIpc) is 2.86. The predicted octanol–water partition coefficient (Wildman–Crippen LogP) is 5.14. The Labute approximate surface area is 224 Å². The topological polar surface area (TPSA) is 101 Å². The molecule has 3 aromatic rings. The maximum absolute atomic E-state index is 14.1. The van der Waals surface area contributed by atoms with Crippen molar-refractivity contribution < 1.29 is 42.0 Å². The third-order valence-corrected chi connectivity index (χ3v) is 5.93. The lowest BCUT2D eigenvalue weighted by atomic mass is 9.96. The van der Waals surface area contributed by atoms with Crippen LogP contribution < -0.4 is 14.8 Å². The number of halogens is 6. The van der Waals surface area contributed by atoms with Crippen molar-refractivity contribution in [3.63, 3.8) is 0 Å². The molecule has 0 radical (unpaired) electrons. The number of rotatable bonds is 9. The molecule has 3 N–H and O–H groups in total. The van der Waals surface area contributed by atoms with E-state index in [1.165, 1.54) is 38.3 Å². The molecule has 204 valence electrons. The van der Waals surface area contributed by atoms with Crippen molar-refractivity contribution in [1.82, 2.24) is 10.3 Å². The zero-order valence-electron chi connectivity index (χ0n) is 19.9. The number of pyridine rings is 1. The summed E-state index contributed by atoms with van der Waals surface area (Å²) in [4.78, 5) is 16.6. The van der Waals surface area contributed by atoms with Crippen LogP contribution in [0.5, 0.6) is 11.5 Å². The van der Waals surface area contributed by atoms with E-state index < -0.39 is 41.8 Å². The van der Waals surface area contributed by atoms with Crippen LogP contribution in [0.1, 0.15) is 23.0 Å². The Morgan fingerprint density at radius 3 is 2.34 bits per heavy atom. The zero-order chi connectivity index (χ0) is 28.3. The highest BCUT2D eigenvalue weighted by atomic mass is 35.5. The molecule has 1 heterocycles. The number of nitrogens with one attached hydrogen (secondary N) is 1. The minimum atomic E-state index is -5.27. The second kappa shape index (κ2) is 11.7. The number of hydrogen-bond donors (Lipinski definition) is 3. The van der Waals surface area contributed by atoms with Crippen molar-refractivity contribution in [3.05, 3.63) is 75.7 Å². The van der Waals surface area contributed by atoms with Crippen LogP contribution in [0, 0.1) is 5.82 Å². The molecule has 1 aromatic heterocycles. The van der Waals surface area contributed by atoms with Crippen LogP contribution in [-0.4, -0.2) is 53.6 Å². The quantitative estimate of drug-likeness (QED) is 0.305. The van der Waals surface area contributed by atoms with Crippen LogP contribution in [0.4, 0.5) is 17.6 Å². The van der Waals surface area contributed by atoms with Crippen LogP contribution in [0.15, 0.2) is 48.5 Å². The van der Waals surface area contributed by atoms with Crippen molar-refractivity contribution >= 4 is 29.1 Å². The summed E-state index contributed by atoms with van der Waals surface area (Å²) < 4.78 is 66.5. The molecule has 0 aliphatic heterocycles.